The second-order valence-corrected chi connectivity index (χ2v) is 37.0. The van der Waals surface area contributed by atoms with Crippen molar-refractivity contribution in [3.05, 3.63) is 75.9 Å². The fourth-order valence-electron chi connectivity index (χ4n) is 17.1. The number of phenolic OH excluding ortho intramolecular Hbond substituents is 1. The Balaban J connectivity index is 1.42. The third-order valence-electron chi connectivity index (χ3n) is 25.1. The molecule has 141 heavy (non-hydrogen) atoms. The topological polar surface area (TPSA) is 586 Å². The van der Waals surface area contributed by atoms with Crippen molar-refractivity contribution in [3.8, 4) is 28.2 Å². The predicted octanol–water partition coefficient (Wildman–Crippen LogP) is 10.4. The van der Waals surface area contributed by atoms with Crippen LogP contribution in [-0.4, -0.2) is 290 Å². The fraction of sp³-hybridized carbons (Fsp3) is 0.657. The van der Waals surface area contributed by atoms with Crippen LogP contribution in [0.3, 0.4) is 0 Å². The number of fused-ring (bicyclic) bond motifs is 2. The van der Waals surface area contributed by atoms with E-state index in [1.165, 1.54) is 157 Å². The number of amides is 9. The highest BCUT2D eigenvalue weighted by atomic mass is 16.4. The first-order chi connectivity index (χ1) is 67.7. The Morgan fingerprint density at radius 1 is 0.333 bits per heavy atom. The highest BCUT2D eigenvalue weighted by Crippen LogP contribution is 2.42. The minimum atomic E-state index is -1.74. The van der Waals surface area contributed by atoms with Crippen LogP contribution in [0.25, 0.3) is 33.4 Å². The average Bonchev–Trinajstić information content (AvgIpc) is 0.745. The van der Waals surface area contributed by atoms with Crippen LogP contribution < -0.4 is 53.3 Å². The molecule has 5 rings (SSSR count). The SMILES string of the molecule is CCCCCCCCCCCCCCCC(=O)NCCCC[C@H](NC(=O)CCCCCCCCCCCCCCC)C(=O)N[C@@H](CCCCNC(=O)c1ccc(-c2c3ccc(=O)cc-3oc3cc(O)ccc23)c(C(=O)O)c1)C(=O)N[C@@H](CCCCNC(=O)CN1CCN(CC(=O)O)CCN(CC(=O)O)CCN(CC(=O)O)CC1)C(=O)NCCCCCC(=O)N[C@@H](CC(=O)O)C(=O)N[C@@H](CCC(=O)O)C(=O)O. The molecule has 0 spiro atoms. The summed E-state index contributed by atoms with van der Waals surface area (Å²) in [5.74, 6) is -15.2. The van der Waals surface area contributed by atoms with E-state index < -0.39 is 144 Å². The number of hydrogen-bond donors (Lipinski definition) is 17. The van der Waals surface area contributed by atoms with E-state index in [0.29, 0.717) is 48.7 Å². The van der Waals surface area contributed by atoms with E-state index in [1.807, 2.05) is 0 Å². The first-order valence-corrected chi connectivity index (χ1v) is 51.1. The Kier molecular flexibility index (Phi) is 59.5. The Hall–Kier alpha value is -11.7. The van der Waals surface area contributed by atoms with Crippen molar-refractivity contribution in [2.75, 3.05) is 105 Å². The van der Waals surface area contributed by atoms with Crippen LogP contribution >= 0.6 is 0 Å². The molecule has 39 nitrogen and oxygen atoms in total. The molecule has 1 aliphatic carbocycles. The lowest BCUT2D eigenvalue weighted by atomic mass is 9.90. The maximum atomic E-state index is 15.3. The Bertz CT molecular complexity index is 4570. The number of rotatable bonds is 75. The number of carboxylic acid groups (broad SMARTS) is 7. The number of aromatic hydroxyl groups is 1. The number of nitrogens with zero attached hydrogens (tertiary/aromatic N) is 4. The van der Waals surface area contributed by atoms with Crippen molar-refractivity contribution < 1.29 is 122 Å². The summed E-state index contributed by atoms with van der Waals surface area (Å²) >= 11 is 0. The van der Waals surface area contributed by atoms with Crippen LogP contribution in [0.2, 0.25) is 0 Å². The lowest BCUT2D eigenvalue weighted by Crippen LogP contribution is -2.56. The van der Waals surface area contributed by atoms with E-state index in [1.54, 1.807) is 19.6 Å². The number of aliphatic carboxylic acids is 6. The van der Waals surface area contributed by atoms with E-state index in [-0.39, 0.29) is 215 Å². The summed E-state index contributed by atoms with van der Waals surface area (Å²) in [4.78, 5) is 230. The largest absolute Gasteiger partial charge is 0.508 e. The van der Waals surface area contributed by atoms with Gasteiger partial charge in [-0.1, -0.05) is 180 Å². The fourth-order valence-corrected chi connectivity index (χ4v) is 17.1. The summed E-state index contributed by atoms with van der Waals surface area (Å²) in [5.41, 5.74) is 0.321. The Morgan fingerprint density at radius 2 is 0.716 bits per heavy atom. The number of carbonyl (C=O) groups excluding carboxylic acids is 9. The van der Waals surface area contributed by atoms with E-state index in [9.17, 15) is 108 Å². The normalized spacial score (nSPS) is 14.0. The molecule has 0 unspecified atom stereocenters. The van der Waals surface area contributed by atoms with Crippen LogP contribution in [0.4, 0.5) is 0 Å². The average molecular weight is 1980 g/mol. The molecular formula is C102H157N13O26. The maximum Gasteiger partial charge on any atom is 0.336 e. The van der Waals surface area contributed by atoms with Crippen molar-refractivity contribution in [2.45, 2.75) is 327 Å². The number of nitrogens with one attached hydrogen (secondary N) is 9. The molecular weight excluding hydrogens is 1820 g/mol. The molecule has 0 bridgehead atoms. The summed E-state index contributed by atoms with van der Waals surface area (Å²) in [6, 6.07) is 4.90. The van der Waals surface area contributed by atoms with Crippen LogP contribution in [0.5, 0.6) is 5.75 Å². The quantitative estimate of drug-likeness (QED) is 0.0144. The minimum absolute atomic E-state index is 0.0341. The zero-order valence-electron chi connectivity index (χ0n) is 82.7. The van der Waals surface area contributed by atoms with Crippen molar-refractivity contribution in [2.24, 2.45) is 0 Å². The summed E-state index contributed by atoms with van der Waals surface area (Å²) in [6.45, 7) is 4.52. The van der Waals surface area contributed by atoms with Crippen LogP contribution in [0.15, 0.2) is 63.8 Å². The molecule has 2 heterocycles. The van der Waals surface area contributed by atoms with Gasteiger partial charge in [-0.3, -0.25) is 91.5 Å². The van der Waals surface area contributed by atoms with Gasteiger partial charge in [-0.2, -0.15) is 0 Å². The van der Waals surface area contributed by atoms with Crippen molar-refractivity contribution in [1.82, 2.24) is 67.5 Å². The van der Waals surface area contributed by atoms with E-state index in [2.05, 4.69) is 61.7 Å². The maximum absolute atomic E-state index is 15.3. The Morgan fingerprint density at radius 3 is 1.16 bits per heavy atom. The first kappa shape index (κ1) is 120. The smallest absolute Gasteiger partial charge is 0.336 e. The number of carbonyl (C=O) groups is 16. The predicted molar refractivity (Wildman–Crippen MR) is 530 cm³/mol. The molecule has 9 amide bonds. The molecule has 0 saturated carbocycles. The van der Waals surface area contributed by atoms with Gasteiger partial charge in [0.15, 0.2) is 5.43 Å². The second-order valence-electron chi connectivity index (χ2n) is 37.0. The molecule has 0 aromatic heterocycles. The number of carboxylic acids is 7. The van der Waals surface area contributed by atoms with Crippen molar-refractivity contribution >= 4 is 106 Å². The lowest BCUT2D eigenvalue weighted by Gasteiger charge is -2.32. The van der Waals surface area contributed by atoms with Gasteiger partial charge in [-0.25, -0.2) is 9.59 Å². The molecule has 2 aromatic carbocycles. The van der Waals surface area contributed by atoms with E-state index >= 15 is 9.59 Å². The second kappa shape index (κ2) is 70.0. The van der Waals surface area contributed by atoms with Gasteiger partial charge in [0, 0.05) is 138 Å². The zero-order chi connectivity index (χ0) is 103. The molecule has 5 atom stereocenters. The molecule has 3 aliphatic rings. The van der Waals surface area contributed by atoms with Crippen LogP contribution in [0, 0.1) is 0 Å². The van der Waals surface area contributed by atoms with Gasteiger partial charge in [-0.05, 0) is 132 Å². The molecule has 1 saturated heterocycles. The standard InChI is InChI=1S/C102H157N13O26/c1-3-5-7-9-11-13-15-17-19-21-23-25-28-41-86(118)103-52-35-32-39-80(107-87(119)42-29-26-24-22-20-18-16-14-12-10-8-6-4-2)98(134)110-81(40-33-37-55-105-96(132)72-44-47-75(78(64-72)101(137)138)95-76-48-45-73(116)65-84(76)141-85-66-74(117)46-49-77(85)95)99(135)109-79(97(133)106-54-34-27-30-43-88(120)108-83(67-91(124)125)100(136)111-82(102(139)140)50-51-90(122)123)38-31-36-53-104-89(121)68-112-56-58-113(69-92(126)127)60-62-115(71-94(130)131)63-61-114(59-57-112)70-93(128)129/h44-49,64-66,79-83,116H,3-43,50-63,67-71H2,1-2H3,(H,103,118)(H,104,121)(H,105,132)(H,106,133)(H,107,119)(H,108,120)(H,109,135)(H,110,134)(H,111,136)(H,122,123)(H,124,125)(H,126,127)(H,128,129)(H,130,131)(H,137,138)(H,139,140)/t79-,80-,81-,82-,83-/m0/s1. The summed E-state index contributed by atoms with van der Waals surface area (Å²) < 4.78 is 5.99. The monoisotopic (exact) mass is 1980 g/mol. The van der Waals surface area contributed by atoms with Gasteiger partial charge in [-0.15, -0.1) is 0 Å². The number of benzene rings is 3. The third-order valence-corrected chi connectivity index (χ3v) is 25.1. The van der Waals surface area contributed by atoms with E-state index in [0.717, 1.165) is 57.8 Å². The van der Waals surface area contributed by atoms with Gasteiger partial charge in [0.2, 0.25) is 47.3 Å². The number of hydrogen-bond acceptors (Lipinski definition) is 23. The van der Waals surface area contributed by atoms with Gasteiger partial charge in [0.25, 0.3) is 5.91 Å². The third kappa shape index (κ3) is 51.5. The molecule has 2 aromatic rings. The zero-order valence-corrected chi connectivity index (χ0v) is 82.7. The van der Waals surface area contributed by atoms with Gasteiger partial charge >= 0.3 is 41.8 Å². The molecule has 786 valence electrons. The highest BCUT2D eigenvalue weighted by molar-refractivity contribution is 6.09. The Labute approximate surface area is 826 Å². The van der Waals surface area contributed by atoms with Gasteiger partial charge in [0.05, 0.1) is 38.2 Å². The number of phenols is 1. The minimum Gasteiger partial charge on any atom is -0.508 e. The lowest BCUT2D eigenvalue weighted by molar-refractivity contribution is -0.144. The molecule has 17 N–H and O–H groups in total. The van der Waals surface area contributed by atoms with E-state index in [4.69, 9.17) is 9.52 Å². The highest BCUT2D eigenvalue weighted by Gasteiger charge is 2.33. The van der Waals surface area contributed by atoms with Crippen molar-refractivity contribution in [1.29, 1.82) is 0 Å². The van der Waals surface area contributed by atoms with Crippen LogP contribution in [0.1, 0.15) is 317 Å². The summed E-state index contributed by atoms with van der Waals surface area (Å²) in [5, 5.41) is 104. The molecule has 2 aliphatic heterocycles. The summed E-state index contributed by atoms with van der Waals surface area (Å²) in [6.07, 6.45) is 29.1. The van der Waals surface area contributed by atoms with Gasteiger partial charge < -0.3 is 93.1 Å². The van der Waals surface area contributed by atoms with Crippen molar-refractivity contribution in [3.63, 3.8) is 0 Å². The van der Waals surface area contributed by atoms with Crippen LogP contribution in [-0.2, 0) is 67.1 Å². The molecule has 39 heteroatoms. The molecule has 0 radical (unpaired) electrons. The van der Waals surface area contributed by atoms with Gasteiger partial charge in [0.1, 0.15) is 47.3 Å². The molecule has 1 fully saturated rings. The number of unbranched alkanes of at least 4 members (excludes halogenated alkanes) is 29. The first-order valence-electron chi connectivity index (χ1n) is 51.1. The summed E-state index contributed by atoms with van der Waals surface area (Å²) in [7, 11) is 0. The number of aromatic carboxylic acids is 1.